The number of aliphatic hydroxyl groups is 8. The molecule has 1 fully saturated rings. The van der Waals surface area contributed by atoms with Crippen LogP contribution in [0.2, 0.25) is 5.02 Å². The number of imidazole rings is 1. The SMILES string of the molecule is OC1(O)CCC(O)(O)N1C(O)(O)c1nc2ccccc2n1C(O)(O)c1ccc(Cl)cc1. The average molecular weight is 454 g/mol. The van der Waals surface area contributed by atoms with Gasteiger partial charge in [0.05, 0.1) is 11.0 Å². The summed E-state index contributed by atoms with van der Waals surface area (Å²) in [4.78, 5) is 3.81. The Balaban J connectivity index is 1.99. The van der Waals surface area contributed by atoms with Gasteiger partial charge in [-0.2, -0.15) is 0 Å². The van der Waals surface area contributed by atoms with E-state index in [9.17, 15) is 40.9 Å². The van der Waals surface area contributed by atoms with E-state index in [2.05, 4.69) is 4.98 Å². The highest BCUT2D eigenvalue weighted by atomic mass is 35.5. The van der Waals surface area contributed by atoms with Gasteiger partial charge in [-0.3, -0.25) is 4.57 Å². The molecule has 11 nitrogen and oxygen atoms in total. The second kappa shape index (κ2) is 6.92. The van der Waals surface area contributed by atoms with Crippen LogP contribution in [0.25, 0.3) is 11.0 Å². The van der Waals surface area contributed by atoms with Crippen molar-refractivity contribution < 1.29 is 40.9 Å². The van der Waals surface area contributed by atoms with Crippen molar-refractivity contribution in [3.8, 4) is 0 Å². The summed E-state index contributed by atoms with van der Waals surface area (Å²) in [5, 5.41) is 84.8. The lowest BCUT2D eigenvalue weighted by atomic mass is 10.1. The molecule has 0 atom stereocenters. The lowest BCUT2D eigenvalue weighted by Gasteiger charge is -2.42. The Kier molecular flexibility index (Phi) is 4.92. The molecular formula is C19H20ClN3O8. The first-order valence-electron chi connectivity index (χ1n) is 9.12. The van der Waals surface area contributed by atoms with Crippen LogP contribution >= 0.6 is 11.6 Å². The molecule has 166 valence electrons. The zero-order valence-corrected chi connectivity index (χ0v) is 16.6. The van der Waals surface area contributed by atoms with Crippen LogP contribution in [0.15, 0.2) is 48.5 Å². The summed E-state index contributed by atoms with van der Waals surface area (Å²) in [5.41, 5.74) is -0.0438. The molecular weight excluding hydrogens is 434 g/mol. The van der Waals surface area contributed by atoms with E-state index in [0.29, 0.717) is 9.59 Å². The molecule has 1 saturated heterocycles. The molecule has 31 heavy (non-hydrogen) atoms. The first-order valence-corrected chi connectivity index (χ1v) is 9.50. The van der Waals surface area contributed by atoms with Gasteiger partial charge in [-0.25, -0.2) is 4.98 Å². The fraction of sp³-hybridized carbons (Fsp3) is 0.316. The number of rotatable bonds is 4. The minimum absolute atomic E-state index is 0.0204. The smallest absolute Gasteiger partial charge is 0.296 e. The Labute approximate surface area is 179 Å². The lowest BCUT2D eigenvalue weighted by Crippen LogP contribution is -2.65. The number of likely N-dealkylation sites (tertiary alicyclic amines) is 1. The number of halogens is 1. The molecule has 0 unspecified atom stereocenters. The zero-order valence-electron chi connectivity index (χ0n) is 15.8. The molecule has 3 aromatic rings. The maximum atomic E-state index is 11.0. The summed E-state index contributed by atoms with van der Waals surface area (Å²) in [6.45, 7) is 0. The molecule has 0 amide bonds. The predicted molar refractivity (Wildman–Crippen MR) is 104 cm³/mol. The molecule has 4 rings (SSSR count). The molecule has 0 bridgehead atoms. The topological polar surface area (TPSA) is 183 Å². The van der Waals surface area contributed by atoms with Crippen molar-refractivity contribution in [2.24, 2.45) is 0 Å². The summed E-state index contributed by atoms with van der Waals surface area (Å²) < 4.78 is 0.621. The van der Waals surface area contributed by atoms with E-state index in [4.69, 9.17) is 11.6 Å². The highest BCUT2D eigenvalue weighted by molar-refractivity contribution is 6.30. The molecule has 0 saturated carbocycles. The Morgan fingerprint density at radius 3 is 1.94 bits per heavy atom. The zero-order chi connectivity index (χ0) is 22.8. The monoisotopic (exact) mass is 453 g/mol. The molecule has 2 aromatic carbocycles. The largest absolute Gasteiger partial charge is 0.353 e. The maximum Gasteiger partial charge on any atom is 0.296 e. The van der Waals surface area contributed by atoms with Crippen molar-refractivity contribution in [3.63, 3.8) is 0 Å². The van der Waals surface area contributed by atoms with Gasteiger partial charge in [0.25, 0.3) is 11.8 Å². The molecule has 1 aliphatic rings. The van der Waals surface area contributed by atoms with E-state index in [-0.39, 0.29) is 21.5 Å². The number of aromatic nitrogens is 2. The van der Waals surface area contributed by atoms with E-state index >= 15 is 0 Å². The van der Waals surface area contributed by atoms with Crippen LogP contribution < -0.4 is 0 Å². The minimum atomic E-state index is -3.58. The standard InChI is InChI=1S/C19H20ClN3O8/c20-12-7-5-11(6-8-12)18(28,29)22-14-4-2-1-3-13(14)21-15(22)19(30,31)23-16(24,25)9-10-17(23,26)27/h1-8,24-31H,9-10H2. The molecule has 0 radical (unpaired) electrons. The summed E-state index contributed by atoms with van der Waals surface area (Å²) in [6.07, 6.45) is -1.30. The van der Waals surface area contributed by atoms with Gasteiger partial charge in [0.2, 0.25) is 11.8 Å². The molecule has 8 N–H and O–H groups in total. The summed E-state index contributed by atoms with van der Waals surface area (Å²) in [5.74, 6) is -13.6. The van der Waals surface area contributed by atoms with Gasteiger partial charge in [-0.15, -0.1) is 4.90 Å². The number of para-hydroxylation sites is 2. The summed E-state index contributed by atoms with van der Waals surface area (Å²) in [6, 6.07) is 11.2. The number of hydrogen-bond donors (Lipinski definition) is 8. The van der Waals surface area contributed by atoms with E-state index in [1.165, 1.54) is 42.5 Å². The van der Waals surface area contributed by atoms with Crippen molar-refractivity contribution >= 4 is 22.6 Å². The van der Waals surface area contributed by atoms with Crippen molar-refractivity contribution in [3.05, 3.63) is 64.9 Å². The minimum Gasteiger partial charge on any atom is -0.353 e. The number of nitrogens with zero attached hydrogens (tertiary/aromatic N) is 3. The Morgan fingerprint density at radius 1 is 0.806 bits per heavy atom. The van der Waals surface area contributed by atoms with Crippen LogP contribution in [0.4, 0.5) is 0 Å². The van der Waals surface area contributed by atoms with Crippen LogP contribution in [0.5, 0.6) is 0 Å². The van der Waals surface area contributed by atoms with E-state index < -0.39 is 42.3 Å². The fourth-order valence-electron chi connectivity index (χ4n) is 3.81. The summed E-state index contributed by atoms with van der Waals surface area (Å²) >= 11 is 5.85. The van der Waals surface area contributed by atoms with Crippen LogP contribution in [0, 0.1) is 0 Å². The normalized spacial score (nSPS) is 19.3. The van der Waals surface area contributed by atoms with Crippen molar-refractivity contribution in [2.45, 2.75) is 36.5 Å². The van der Waals surface area contributed by atoms with Gasteiger partial charge < -0.3 is 40.9 Å². The lowest BCUT2D eigenvalue weighted by molar-refractivity contribution is -0.457. The van der Waals surface area contributed by atoms with Gasteiger partial charge in [-0.05, 0) is 24.3 Å². The first-order chi connectivity index (χ1) is 14.3. The number of benzene rings is 2. The Morgan fingerprint density at radius 2 is 1.35 bits per heavy atom. The molecule has 2 heterocycles. The third-order valence-corrected chi connectivity index (χ3v) is 5.48. The fourth-order valence-corrected chi connectivity index (χ4v) is 3.94. The van der Waals surface area contributed by atoms with Crippen molar-refractivity contribution in [2.75, 3.05) is 0 Å². The van der Waals surface area contributed by atoms with Crippen LogP contribution in [0.3, 0.4) is 0 Å². The Bertz CT molecular complexity index is 1110. The van der Waals surface area contributed by atoms with Crippen molar-refractivity contribution in [1.29, 1.82) is 0 Å². The molecule has 1 aromatic heterocycles. The second-order valence-electron chi connectivity index (χ2n) is 7.42. The first kappa shape index (κ1) is 22.0. The van der Waals surface area contributed by atoms with E-state index in [1.807, 2.05) is 0 Å². The third kappa shape index (κ3) is 3.41. The molecule has 0 aliphatic carbocycles. The van der Waals surface area contributed by atoms with Gasteiger partial charge >= 0.3 is 0 Å². The van der Waals surface area contributed by atoms with Gasteiger partial charge in [0.1, 0.15) is 0 Å². The van der Waals surface area contributed by atoms with Gasteiger partial charge in [0, 0.05) is 23.4 Å². The maximum absolute atomic E-state index is 11.0. The average Bonchev–Trinajstić information content (AvgIpc) is 3.17. The number of fused-ring (bicyclic) bond motifs is 1. The number of hydrogen-bond acceptors (Lipinski definition) is 10. The highest BCUT2D eigenvalue weighted by Crippen LogP contribution is 2.44. The van der Waals surface area contributed by atoms with Crippen LogP contribution in [-0.4, -0.2) is 67.1 Å². The predicted octanol–water partition coefficient (Wildman–Crippen LogP) is -1.20. The highest BCUT2D eigenvalue weighted by Gasteiger charge is 2.63. The molecule has 12 heteroatoms. The third-order valence-electron chi connectivity index (χ3n) is 5.23. The quantitative estimate of drug-likeness (QED) is 0.223. The van der Waals surface area contributed by atoms with E-state index in [0.717, 1.165) is 0 Å². The second-order valence-corrected chi connectivity index (χ2v) is 7.86. The summed E-state index contributed by atoms with van der Waals surface area (Å²) in [7, 11) is 0. The van der Waals surface area contributed by atoms with Crippen LogP contribution in [0.1, 0.15) is 24.2 Å². The Hall–Kier alpha value is -2.16. The van der Waals surface area contributed by atoms with Crippen LogP contribution in [-0.2, 0) is 11.8 Å². The van der Waals surface area contributed by atoms with Gasteiger partial charge in [-0.1, -0.05) is 35.9 Å². The molecule has 0 spiro atoms. The van der Waals surface area contributed by atoms with Gasteiger partial charge in [0.15, 0.2) is 5.82 Å². The molecule has 1 aliphatic heterocycles. The van der Waals surface area contributed by atoms with Crippen molar-refractivity contribution in [1.82, 2.24) is 14.5 Å². The van der Waals surface area contributed by atoms with E-state index in [1.54, 1.807) is 6.07 Å².